The van der Waals surface area contributed by atoms with Gasteiger partial charge in [0.1, 0.15) is 5.15 Å². The Bertz CT molecular complexity index is 890. The Morgan fingerprint density at radius 2 is 1.88 bits per heavy atom. The predicted octanol–water partition coefficient (Wildman–Crippen LogP) is 5.36. The molecular weight excluding hydrogens is 445 g/mol. The van der Waals surface area contributed by atoms with Gasteiger partial charge in [-0.05, 0) is 55.1 Å². The molecule has 0 radical (unpaired) electrons. The number of halogens is 1. The standard InChI is InChI=1S/C22H33BClN3O4Si/c1-22(2,3)32(5,6)31-20(18-9-12-21(24)25-15-18)16-26(23(4)28)14-13-17-7-10-19(11-8-17)27(29)30/h7-12,15,20,28H,13-14,16H2,1-6H3/t20-/m0/s1. The predicted molar refractivity (Wildman–Crippen MR) is 132 cm³/mol. The van der Waals surface area contributed by atoms with E-state index in [0.717, 1.165) is 11.1 Å². The van der Waals surface area contributed by atoms with Gasteiger partial charge in [-0.15, -0.1) is 0 Å². The molecular formula is C22H33BClN3O4Si. The van der Waals surface area contributed by atoms with Crippen molar-refractivity contribution in [3.05, 3.63) is 69.0 Å². The van der Waals surface area contributed by atoms with E-state index < -0.39 is 20.3 Å². The SMILES string of the molecule is CB(O)N(CCc1ccc([N+](=O)[O-])cc1)C[C@H](O[Si](C)(C)C(C)(C)C)c1ccc(Cl)nc1. The van der Waals surface area contributed by atoms with E-state index in [0.29, 0.717) is 24.7 Å². The number of nitro groups is 1. The summed E-state index contributed by atoms with van der Waals surface area (Å²) in [6.07, 6.45) is 2.11. The van der Waals surface area contributed by atoms with Gasteiger partial charge in [-0.3, -0.25) is 10.1 Å². The Morgan fingerprint density at radius 3 is 2.34 bits per heavy atom. The van der Waals surface area contributed by atoms with Gasteiger partial charge in [0.25, 0.3) is 5.69 Å². The van der Waals surface area contributed by atoms with Gasteiger partial charge >= 0.3 is 7.05 Å². The molecule has 0 aliphatic heterocycles. The lowest BCUT2D eigenvalue weighted by Crippen LogP contribution is -2.47. The largest absolute Gasteiger partial charge is 0.437 e. The first-order valence-electron chi connectivity index (χ1n) is 10.7. The van der Waals surface area contributed by atoms with Crippen LogP contribution in [0.2, 0.25) is 30.1 Å². The van der Waals surface area contributed by atoms with Crippen LogP contribution in [0.25, 0.3) is 0 Å². The molecule has 2 aromatic rings. The lowest BCUT2D eigenvalue weighted by atomic mass is 9.83. The number of nitro benzene ring substituents is 1. The molecule has 32 heavy (non-hydrogen) atoms. The second-order valence-electron chi connectivity index (χ2n) is 9.58. The second kappa shape index (κ2) is 10.9. The summed E-state index contributed by atoms with van der Waals surface area (Å²) in [5, 5.41) is 21.8. The quantitative estimate of drug-likeness (QED) is 0.214. The molecule has 1 N–H and O–H groups in total. The number of hydrogen-bond acceptors (Lipinski definition) is 6. The minimum Gasteiger partial charge on any atom is -0.437 e. The van der Waals surface area contributed by atoms with E-state index in [1.165, 1.54) is 12.1 Å². The van der Waals surface area contributed by atoms with Crippen molar-refractivity contribution in [3.8, 4) is 0 Å². The van der Waals surface area contributed by atoms with E-state index in [4.69, 9.17) is 16.0 Å². The topological polar surface area (TPSA) is 88.7 Å². The first-order valence-corrected chi connectivity index (χ1v) is 14.0. The number of hydrogen-bond donors (Lipinski definition) is 1. The zero-order valence-electron chi connectivity index (χ0n) is 19.7. The van der Waals surface area contributed by atoms with E-state index >= 15 is 0 Å². The summed E-state index contributed by atoms with van der Waals surface area (Å²) in [5.41, 5.74) is 1.95. The third-order valence-corrected chi connectivity index (χ3v) is 10.8. The Balaban J connectivity index is 2.20. The molecule has 0 spiro atoms. The van der Waals surface area contributed by atoms with Gasteiger partial charge in [-0.25, -0.2) is 4.98 Å². The lowest BCUT2D eigenvalue weighted by Gasteiger charge is -2.41. The Kier molecular flexibility index (Phi) is 9.01. The van der Waals surface area contributed by atoms with Crippen molar-refractivity contribution in [2.24, 2.45) is 0 Å². The highest BCUT2D eigenvalue weighted by atomic mass is 35.5. The minimum absolute atomic E-state index is 0.0273. The molecule has 174 valence electrons. The number of nitrogens with zero attached hydrogens (tertiary/aromatic N) is 3. The van der Waals surface area contributed by atoms with Crippen LogP contribution in [0.3, 0.4) is 0 Å². The van der Waals surface area contributed by atoms with Crippen molar-refractivity contribution in [1.82, 2.24) is 9.79 Å². The van der Waals surface area contributed by atoms with E-state index in [1.54, 1.807) is 31.2 Å². The molecule has 0 fully saturated rings. The summed E-state index contributed by atoms with van der Waals surface area (Å²) in [7, 11) is -2.78. The van der Waals surface area contributed by atoms with Gasteiger partial charge in [-0.2, -0.15) is 0 Å². The van der Waals surface area contributed by atoms with Crippen molar-refractivity contribution in [2.75, 3.05) is 13.1 Å². The fourth-order valence-corrected chi connectivity index (χ4v) is 4.41. The van der Waals surface area contributed by atoms with Crippen molar-refractivity contribution in [1.29, 1.82) is 0 Å². The maximum Gasteiger partial charge on any atom is 0.376 e. The normalized spacial score (nSPS) is 13.3. The first-order chi connectivity index (χ1) is 14.8. The zero-order valence-corrected chi connectivity index (χ0v) is 21.5. The van der Waals surface area contributed by atoms with Crippen LogP contribution < -0.4 is 0 Å². The van der Waals surface area contributed by atoms with Crippen LogP contribution in [0.4, 0.5) is 5.69 Å². The molecule has 0 aliphatic carbocycles. The molecule has 7 nitrogen and oxygen atoms in total. The highest BCUT2D eigenvalue weighted by Gasteiger charge is 2.40. The van der Waals surface area contributed by atoms with E-state index in [9.17, 15) is 15.1 Å². The summed E-state index contributed by atoms with van der Waals surface area (Å²) >= 11 is 5.99. The average molecular weight is 478 g/mol. The Morgan fingerprint density at radius 1 is 1.25 bits per heavy atom. The molecule has 0 amide bonds. The van der Waals surface area contributed by atoms with Crippen LogP contribution in [-0.4, -0.2) is 48.2 Å². The smallest absolute Gasteiger partial charge is 0.376 e. The summed E-state index contributed by atoms with van der Waals surface area (Å²) in [6, 6.07) is 10.2. The Labute approximate surface area is 197 Å². The van der Waals surface area contributed by atoms with Crippen LogP contribution in [0.1, 0.15) is 38.0 Å². The van der Waals surface area contributed by atoms with Crippen LogP contribution in [0, 0.1) is 10.1 Å². The van der Waals surface area contributed by atoms with Crippen LogP contribution >= 0.6 is 11.6 Å². The van der Waals surface area contributed by atoms with Crippen LogP contribution in [0.15, 0.2) is 42.6 Å². The maximum absolute atomic E-state index is 10.9. The highest BCUT2D eigenvalue weighted by molar-refractivity contribution is 6.74. The number of non-ortho nitro benzene ring substituents is 1. The molecule has 0 aliphatic rings. The fourth-order valence-electron chi connectivity index (χ4n) is 3.02. The minimum atomic E-state index is -2.10. The number of rotatable bonds is 10. The van der Waals surface area contributed by atoms with E-state index in [2.05, 4.69) is 38.8 Å². The average Bonchev–Trinajstić information content (AvgIpc) is 2.70. The number of aromatic nitrogens is 1. The summed E-state index contributed by atoms with van der Waals surface area (Å²) in [5.74, 6) is 0. The summed E-state index contributed by atoms with van der Waals surface area (Å²) in [6.45, 7) is 13.8. The lowest BCUT2D eigenvalue weighted by molar-refractivity contribution is -0.384. The van der Waals surface area contributed by atoms with Gasteiger partial charge in [-0.1, -0.05) is 50.6 Å². The van der Waals surface area contributed by atoms with Gasteiger partial charge < -0.3 is 14.3 Å². The highest BCUT2D eigenvalue weighted by Crippen LogP contribution is 2.40. The molecule has 10 heteroatoms. The molecule has 1 aromatic heterocycles. The molecule has 0 bridgehead atoms. The first kappa shape index (κ1) is 26.5. The van der Waals surface area contributed by atoms with Gasteiger partial charge in [0.2, 0.25) is 0 Å². The molecule has 0 saturated carbocycles. The van der Waals surface area contributed by atoms with E-state index in [-0.39, 0.29) is 16.8 Å². The van der Waals surface area contributed by atoms with Crippen molar-refractivity contribution >= 4 is 32.7 Å². The molecule has 2 rings (SSSR count). The van der Waals surface area contributed by atoms with Crippen molar-refractivity contribution < 1.29 is 14.4 Å². The van der Waals surface area contributed by atoms with E-state index in [1.807, 2.05) is 10.9 Å². The van der Waals surface area contributed by atoms with Crippen LogP contribution in [-0.2, 0) is 10.8 Å². The fraction of sp³-hybridized carbons (Fsp3) is 0.500. The second-order valence-corrected chi connectivity index (χ2v) is 14.7. The number of pyridine rings is 1. The van der Waals surface area contributed by atoms with Gasteiger partial charge in [0.05, 0.1) is 11.0 Å². The molecule has 1 atom stereocenters. The van der Waals surface area contributed by atoms with Crippen molar-refractivity contribution in [2.45, 2.75) is 58.3 Å². The molecule has 1 heterocycles. The monoisotopic (exact) mass is 477 g/mol. The third kappa shape index (κ3) is 7.38. The third-order valence-electron chi connectivity index (χ3n) is 6.13. The summed E-state index contributed by atoms with van der Waals surface area (Å²) in [4.78, 5) is 16.6. The van der Waals surface area contributed by atoms with Crippen molar-refractivity contribution in [3.63, 3.8) is 0 Å². The zero-order chi connectivity index (χ0) is 24.1. The maximum atomic E-state index is 10.9. The molecule has 1 aromatic carbocycles. The van der Waals surface area contributed by atoms with Gasteiger partial charge in [0.15, 0.2) is 8.32 Å². The van der Waals surface area contributed by atoms with Gasteiger partial charge in [0, 0.05) is 24.9 Å². The number of benzene rings is 1. The Hall–Kier alpha value is -1.78. The molecule has 0 unspecified atom stereocenters. The summed E-state index contributed by atoms with van der Waals surface area (Å²) < 4.78 is 6.73. The molecule has 0 saturated heterocycles. The van der Waals surface area contributed by atoms with Crippen LogP contribution in [0.5, 0.6) is 0 Å².